The molecule has 0 aliphatic carbocycles. The normalized spacial score (nSPS) is 11.5. The van der Waals surface area contributed by atoms with Gasteiger partial charge in [-0.05, 0) is 55.9 Å². The van der Waals surface area contributed by atoms with Gasteiger partial charge in [0.15, 0.2) is 0 Å². The molecule has 0 aliphatic heterocycles. The van der Waals surface area contributed by atoms with Crippen LogP contribution in [0.2, 0.25) is 0 Å². The maximum Gasteiger partial charge on any atom is 0.0420 e. The molecular weight excluding hydrogens is 266 g/mol. The van der Waals surface area contributed by atoms with Gasteiger partial charge in [0.2, 0.25) is 0 Å². The summed E-state index contributed by atoms with van der Waals surface area (Å²) in [4.78, 5) is 4.44. The van der Waals surface area contributed by atoms with Gasteiger partial charge in [0.1, 0.15) is 0 Å². The SMILES string of the molecule is C=C(C)CCC(=NC)c1ccc(-c2ccc(C)cc2C)cc1. The third-order valence-electron chi connectivity index (χ3n) is 3.97. The maximum absolute atomic E-state index is 4.44. The summed E-state index contributed by atoms with van der Waals surface area (Å²) < 4.78 is 0. The van der Waals surface area contributed by atoms with Gasteiger partial charge in [0.05, 0.1) is 0 Å². The summed E-state index contributed by atoms with van der Waals surface area (Å²) in [6, 6.07) is 15.3. The van der Waals surface area contributed by atoms with E-state index < -0.39 is 0 Å². The van der Waals surface area contributed by atoms with Gasteiger partial charge >= 0.3 is 0 Å². The molecule has 0 fully saturated rings. The molecule has 0 aromatic heterocycles. The second-order valence-electron chi connectivity index (χ2n) is 6.02. The standard InChI is InChI=1S/C21H25N/c1-15(2)6-13-21(22-5)19-10-8-18(9-11-19)20-12-7-16(3)14-17(20)4/h7-12,14H,1,6,13H2,2-5H3. The van der Waals surface area contributed by atoms with E-state index >= 15 is 0 Å². The van der Waals surface area contributed by atoms with Crippen LogP contribution in [0.15, 0.2) is 59.6 Å². The van der Waals surface area contributed by atoms with E-state index in [4.69, 9.17) is 0 Å². The molecule has 0 aliphatic rings. The predicted octanol–water partition coefficient (Wildman–Crippen LogP) is 5.75. The molecule has 2 rings (SSSR count). The highest BCUT2D eigenvalue weighted by atomic mass is 14.7. The molecule has 0 saturated heterocycles. The molecule has 114 valence electrons. The van der Waals surface area contributed by atoms with E-state index in [1.165, 1.54) is 33.4 Å². The highest BCUT2D eigenvalue weighted by Gasteiger charge is 2.06. The summed E-state index contributed by atoms with van der Waals surface area (Å²) in [5.41, 5.74) is 8.74. The van der Waals surface area contributed by atoms with Gasteiger partial charge in [-0.25, -0.2) is 0 Å². The molecule has 0 amide bonds. The average molecular weight is 291 g/mol. The van der Waals surface area contributed by atoms with E-state index in [0.29, 0.717) is 0 Å². The van der Waals surface area contributed by atoms with Crippen molar-refractivity contribution in [3.63, 3.8) is 0 Å². The van der Waals surface area contributed by atoms with Crippen molar-refractivity contribution in [1.82, 2.24) is 0 Å². The van der Waals surface area contributed by atoms with E-state index in [9.17, 15) is 0 Å². The predicted molar refractivity (Wildman–Crippen MR) is 97.9 cm³/mol. The number of aliphatic imine (C=N–C) groups is 1. The minimum absolute atomic E-state index is 0.953. The molecule has 0 unspecified atom stereocenters. The summed E-state index contributed by atoms with van der Waals surface area (Å²) in [5, 5.41) is 0. The summed E-state index contributed by atoms with van der Waals surface area (Å²) in [6.07, 6.45) is 1.94. The van der Waals surface area contributed by atoms with Crippen molar-refractivity contribution in [2.24, 2.45) is 4.99 Å². The Hall–Kier alpha value is -2.15. The minimum Gasteiger partial charge on any atom is -0.292 e. The summed E-state index contributed by atoms with van der Waals surface area (Å²) >= 11 is 0. The highest BCUT2D eigenvalue weighted by molar-refractivity contribution is 6.01. The Bertz CT molecular complexity index is 690. The lowest BCUT2D eigenvalue weighted by atomic mass is 9.96. The Balaban J connectivity index is 2.24. The van der Waals surface area contributed by atoms with Gasteiger partial charge < -0.3 is 0 Å². The Labute approximate surface area is 134 Å². The quantitative estimate of drug-likeness (QED) is 0.491. The van der Waals surface area contributed by atoms with E-state index in [2.05, 4.69) is 74.8 Å². The van der Waals surface area contributed by atoms with Crippen molar-refractivity contribution in [2.75, 3.05) is 7.05 Å². The summed E-state index contributed by atoms with van der Waals surface area (Å²) in [6.45, 7) is 10.3. The van der Waals surface area contributed by atoms with Crippen LogP contribution in [0, 0.1) is 13.8 Å². The molecule has 1 nitrogen and oxygen atoms in total. The molecule has 0 heterocycles. The number of nitrogens with zero attached hydrogens (tertiary/aromatic N) is 1. The fraction of sp³-hybridized carbons (Fsp3) is 0.286. The Morgan fingerprint density at radius 3 is 2.23 bits per heavy atom. The van der Waals surface area contributed by atoms with E-state index in [-0.39, 0.29) is 0 Å². The fourth-order valence-corrected chi connectivity index (χ4v) is 2.70. The van der Waals surface area contributed by atoms with Crippen LogP contribution in [0.25, 0.3) is 11.1 Å². The first kappa shape index (κ1) is 16.2. The van der Waals surface area contributed by atoms with Crippen molar-refractivity contribution >= 4 is 5.71 Å². The van der Waals surface area contributed by atoms with Gasteiger partial charge in [0, 0.05) is 12.8 Å². The number of aryl methyl sites for hydroxylation is 2. The molecule has 0 atom stereocenters. The summed E-state index contributed by atoms with van der Waals surface area (Å²) in [7, 11) is 1.87. The van der Waals surface area contributed by atoms with E-state index in [0.717, 1.165) is 18.6 Å². The first-order valence-electron chi connectivity index (χ1n) is 7.79. The lowest BCUT2D eigenvalue weighted by Crippen LogP contribution is -2.01. The van der Waals surface area contributed by atoms with Crippen LogP contribution in [0.1, 0.15) is 36.5 Å². The Kier molecular flexibility index (Phi) is 5.32. The summed E-state index contributed by atoms with van der Waals surface area (Å²) in [5.74, 6) is 0. The zero-order valence-corrected chi connectivity index (χ0v) is 14.1. The Morgan fingerprint density at radius 1 is 1.00 bits per heavy atom. The first-order valence-corrected chi connectivity index (χ1v) is 7.79. The van der Waals surface area contributed by atoms with Crippen LogP contribution in [0.5, 0.6) is 0 Å². The van der Waals surface area contributed by atoms with Crippen LogP contribution in [0.3, 0.4) is 0 Å². The highest BCUT2D eigenvalue weighted by Crippen LogP contribution is 2.25. The van der Waals surface area contributed by atoms with E-state index in [1.807, 2.05) is 7.05 Å². The third-order valence-corrected chi connectivity index (χ3v) is 3.97. The number of rotatable bonds is 5. The smallest absolute Gasteiger partial charge is 0.0420 e. The van der Waals surface area contributed by atoms with Gasteiger partial charge in [0.25, 0.3) is 0 Å². The van der Waals surface area contributed by atoms with Crippen molar-refractivity contribution in [3.8, 4) is 11.1 Å². The number of hydrogen-bond donors (Lipinski definition) is 0. The molecule has 0 spiro atoms. The van der Waals surface area contributed by atoms with Crippen LogP contribution in [0.4, 0.5) is 0 Å². The molecule has 0 saturated carbocycles. The largest absolute Gasteiger partial charge is 0.292 e. The van der Waals surface area contributed by atoms with Crippen molar-refractivity contribution < 1.29 is 0 Å². The molecule has 0 radical (unpaired) electrons. The topological polar surface area (TPSA) is 12.4 Å². The average Bonchev–Trinajstić information content (AvgIpc) is 2.48. The molecular formula is C21H25N. The van der Waals surface area contributed by atoms with Crippen LogP contribution < -0.4 is 0 Å². The molecule has 2 aromatic carbocycles. The molecule has 0 N–H and O–H groups in total. The van der Waals surface area contributed by atoms with Crippen molar-refractivity contribution in [3.05, 3.63) is 71.3 Å². The second-order valence-corrected chi connectivity index (χ2v) is 6.02. The molecule has 1 heteroatoms. The van der Waals surface area contributed by atoms with Gasteiger partial charge in [-0.3, -0.25) is 4.99 Å². The second kappa shape index (κ2) is 7.22. The number of allylic oxidation sites excluding steroid dienone is 1. The number of hydrogen-bond acceptors (Lipinski definition) is 1. The lowest BCUT2D eigenvalue weighted by Gasteiger charge is -2.10. The fourth-order valence-electron chi connectivity index (χ4n) is 2.70. The van der Waals surface area contributed by atoms with Crippen LogP contribution >= 0.6 is 0 Å². The molecule has 22 heavy (non-hydrogen) atoms. The van der Waals surface area contributed by atoms with Gasteiger partial charge in [-0.2, -0.15) is 0 Å². The van der Waals surface area contributed by atoms with Crippen LogP contribution in [-0.2, 0) is 0 Å². The minimum atomic E-state index is 0.953. The van der Waals surface area contributed by atoms with Crippen LogP contribution in [-0.4, -0.2) is 12.8 Å². The first-order chi connectivity index (χ1) is 10.5. The van der Waals surface area contributed by atoms with Gasteiger partial charge in [-0.15, -0.1) is 6.58 Å². The number of benzene rings is 2. The van der Waals surface area contributed by atoms with E-state index in [1.54, 1.807) is 0 Å². The lowest BCUT2D eigenvalue weighted by molar-refractivity contribution is 1.01. The Morgan fingerprint density at radius 2 is 1.68 bits per heavy atom. The van der Waals surface area contributed by atoms with Gasteiger partial charge in [-0.1, -0.05) is 53.6 Å². The third kappa shape index (κ3) is 3.94. The molecule has 0 bridgehead atoms. The van der Waals surface area contributed by atoms with Crippen molar-refractivity contribution in [2.45, 2.75) is 33.6 Å². The van der Waals surface area contributed by atoms with Crippen molar-refractivity contribution in [1.29, 1.82) is 0 Å². The maximum atomic E-state index is 4.44. The molecule has 2 aromatic rings. The zero-order valence-electron chi connectivity index (χ0n) is 14.1. The monoisotopic (exact) mass is 291 g/mol. The zero-order chi connectivity index (χ0) is 16.1.